The van der Waals surface area contributed by atoms with Crippen LogP contribution in [0, 0.1) is 17.3 Å². The molecular weight excluding hydrogens is 428 g/mol. The Labute approximate surface area is 193 Å². The molecule has 9 heteroatoms. The molecule has 2 aliphatic carbocycles. The van der Waals surface area contributed by atoms with Gasteiger partial charge in [-0.2, -0.15) is 0 Å². The Balaban J connectivity index is 0.00000119. The predicted molar refractivity (Wildman–Crippen MR) is 126 cm³/mol. The second kappa shape index (κ2) is 8.06. The lowest BCUT2D eigenvalue weighted by atomic mass is 9.77. The van der Waals surface area contributed by atoms with Crippen molar-refractivity contribution in [1.29, 1.82) is 0 Å². The Bertz CT molecular complexity index is 1100. The van der Waals surface area contributed by atoms with Gasteiger partial charge in [0.05, 0.1) is 5.02 Å². The van der Waals surface area contributed by atoms with Crippen LogP contribution in [0.2, 0.25) is 5.02 Å². The van der Waals surface area contributed by atoms with Gasteiger partial charge in [-0.1, -0.05) is 39.3 Å². The topological polar surface area (TPSA) is 115 Å². The van der Waals surface area contributed by atoms with Crippen LogP contribution in [0.25, 0.3) is 0 Å². The summed E-state index contributed by atoms with van der Waals surface area (Å²) in [6, 6.07) is 3.01. The lowest BCUT2D eigenvalue weighted by Crippen LogP contribution is -2.50. The van der Waals surface area contributed by atoms with E-state index in [1.54, 1.807) is 4.57 Å². The van der Waals surface area contributed by atoms with Crippen LogP contribution >= 0.6 is 11.6 Å². The number of nitrogen functional groups attached to an aromatic ring is 1. The van der Waals surface area contributed by atoms with Gasteiger partial charge in [-0.05, 0) is 55.4 Å². The van der Waals surface area contributed by atoms with Crippen LogP contribution in [0.4, 0.5) is 17.3 Å². The molecule has 2 fully saturated rings. The van der Waals surface area contributed by atoms with E-state index in [2.05, 4.69) is 34.4 Å². The van der Waals surface area contributed by atoms with Gasteiger partial charge in [-0.25, -0.2) is 9.97 Å². The van der Waals surface area contributed by atoms with Gasteiger partial charge in [0.1, 0.15) is 35.0 Å². The van der Waals surface area contributed by atoms with E-state index >= 15 is 0 Å². The molecule has 172 valence electrons. The molecule has 1 aliphatic heterocycles. The SMILES string of the molecule is CC.CC(C)C1CC12CCC1(CC2)NC(=O)c2c(Cl)cc(Nc3cc(N)ncn3)c(=O)n21. The van der Waals surface area contributed by atoms with E-state index in [4.69, 9.17) is 17.3 Å². The molecule has 8 nitrogen and oxygen atoms in total. The molecule has 0 radical (unpaired) electrons. The molecule has 1 atom stereocenters. The molecule has 0 bridgehead atoms. The van der Waals surface area contributed by atoms with Crippen molar-refractivity contribution < 1.29 is 4.79 Å². The summed E-state index contributed by atoms with van der Waals surface area (Å²) in [5.74, 6) is 1.79. The molecule has 5 rings (SSSR count). The number of amides is 1. The maximum atomic E-state index is 13.4. The molecule has 0 aromatic carbocycles. The highest BCUT2D eigenvalue weighted by Gasteiger charge is 2.60. The molecule has 4 N–H and O–H groups in total. The van der Waals surface area contributed by atoms with E-state index in [0.29, 0.717) is 17.2 Å². The smallest absolute Gasteiger partial charge is 0.276 e. The number of halogens is 1. The number of fused-ring (bicyclic) bond motifs is 2. The van der Waals surface area contributed by atoms with Crippen molar-refractivity contribution in [2.45, 2.75) is 65.5 Å². The van der Waals surface area contributed by atoms with E-state index < -0.39 is 5.66 Å². The van der Waals surface area contributed by atoms with Gasteiger partial charge in [0, 0.05) is 6.07 Å². The molecular formula is C23H31ClN6O2. The maximum Gasteiger partial charge on any atom is 0.276 e. The number of carbonyl (C=O) groups is 1. The van der Waals surface area contributed by atoms with Crippen molar-refractivity contribution in [2.75, 3.05) is 11.1 Å². The molecule has 1 amide bonds. The highest BCUT2D eigenvalue weighted by Crippen LogP contribution is 2.66. The fourth-order valence-electron chi connectivity index (χ4n) is 5.61. The van der Waals surface area contributed by atoms with E-state index in [1.807, 2.05) is 13.8 Å². The summed E-state index contributed by atoms with van der Waals surface area (Å²) < 4.78 is 1.57. The van der Waals surface area contributed by atoms with Gasteiger partial charge >= 0.3 is 0 Å². The van der Waals surface area contributed by atoms with E-state index in [1.165, 1.54) is 24.9 Å². The first-order chi connectivity index (χ1) is 15.2. The number of nitrogens with one attached hydrogen (secondary N) is 2. The minimum atomic E-state index is -0.717. The first kappa shape index (κ1) is 22.6. The third-order valence-corrected chi connectivity index (χ3v) is 7.51. The molecule has 1 unspecified atom stereocenters. The number of nitrogens with zero attached hydrogens (tertiary/aromatic N) is 3. The zero-order valence-corrected chi connectivity index (χ0v) is 19.8. The van der Waals surface area contributed by atoms with Crippen LogP contribution in [-0.2, 0) is 5.66 Å². The number of hydrogen-bond acceptors (Lipinski definition) is 6. The number of carbonyl (C=O) groups excluding carboxylic acids is 1. The van der Waals surface area contributed by atoms with Crippen LogP contribution in [0.1, 0.15) is 70.3 Å². The summed E-state index contributed by atoms with van der Waals surface area (Å²) in [4.78, 5) is 34.2. The lowest BCUT2D eigenvalue weighted by molar-refractivity contribution is 0.0797. The van der Waals surface area contributed by atoms with Gasteiger partial charge in [-0.3, -0.25) is 14.2 Å². The number of rotatable bonds is 3. The summed E-state index contributed by atoms with van der Waals surface area (Å²) in [5, 5.41) is 6.31. The maximum absolute atomic E-state index is 13.4. The Morgan fingerprint density at radius 2 is 1.88 bits per heavy atom. The number of aromatic nitrogens is 3. The van der Waals surface area contributed by atoms with Crippen molar-refractivity contribution in [2.24, 2.45) is 17.3 Å². The van der Waals surface area contributed by atoms with Gasteiger partial charge in [-0.15, -0.1) is 0 Å². The molecule has 3 aliphatic rings. The largest absolute Gasteiger partial charge is 0.384 e. The normalized spacial score (nSPS) is 27.7. The molecule has 2 spiro atoms. The minimum absolute atomic E-state index is 0.236. The van der Waals surface area contributed by atoms with Crippen molar-refractivity contribution >= 4 is 34.8 Å². The Morgan fingerprint density at radius 1 is 1.19 bits per heavy atom. The van der Waals surface area contributed by atoms with Gasteiger partial charge in [0.25, 0.3) is 11.5 Å². The van der Waals surface area contributed by atoms with Gasteiger partial charge in [0.15, 0.2) is 0 Å². The second-order valence-electron chi connectivity index (χ2n) is 9.25. The molecule has 2 aromatic heterocycles. The Morgan fingerprint density at radius 3 is 2.47 bits per heavy atom. The third kappa shape index (κ3) is 3.54. The van der Waals surface area contributed by atoms with E-state index in [9.17, 15) is 9.59 Å². The van der Waals surface area contributed by atoms with Crippen molar-refractivity contribution in [3.8, 4) is 0 Å². The first-order valence-electron chi connectivity index (χ1n) is 11.4. The monoisotopic (exact) mass is 458 g/mol. The van der Waals surface area contributed by atoms with Crippen LogP contribution in [-0.4, -0.2) is 20.4 Å². The summed E-state index contributed by atoms with van der Waals surface area (Å²) in [7, 11) is 0. The summed E-state index contributed by atoms with van der Waals surface area (Å²) in [6.45, 7) is 8.55. The van der Waals surface area contributed by atoms with E-state index in [-0.39, 0.29) is 33.7 Å². The summed E-state index contributed by atoms with van der Waals surface area (Å²) >= 11 is 6.46. The Hall–Kier alpha value is -2.61. The minimum Gasteiger partial charge on any atom is -0.384 e. The average molecular weight is 459 g/mol. The molecule has 0 saturated heterocycles. The fraction of sp³-hybridized carbons (Fsp3) is 0.565. The average Bonchev–Trinajstić information content (AvgIpc) is 3.40. The summed E-state index contributed by atoms with van der Waals surface area (Å²) in [5.41, 5.74) is 5.56. The number of nitrogens with two attached hydrogens (primary N) is 1. The number of anilines is 3. The fourth-order valence-corrected chi connectivity index (χ4v) is 5.88. The highest BCUT2D eigenvalue weighted by atomic mass is 35.5. The van der Waals surface area contributed by atoms with Gasteiger partial charge < -0.3 is 16.4 Å². The first-order valence-corrected chi connectivity index (χ1v) is 11.8. The quantitative estimate of drug-likeness (QED) is 0.632. The third-order valence-electron chi connectivity index (χ3n) is 7.23. The molecule has 2 aromatic rings. The van der Waals surface area contributed by atoms with E-state index in [0.717, 1.165) is 31.6 Å². The van der Waals surface area contributed by atoms with Crippen molar-refractivity contribution in [3.05, 3.63) is 39.5 Å². The standard InChI is InChI=1S/C21H25ClN6O2.C2H6/c1-11(2)12-9-20(12)3-5-21(6-4-20)27-18(29)17-13(22)7-14(19(30)28(17)21)26-16-8-15(23)24-10-25-16;1-2/h7-8,10-12H,3-6,9H2,1-2H3,(H,27,29)(H3,23,24,25,26);1-2H3. The molecule has 32 heavy (non-hydrogen) atoms. The zero-order valence-electron chi connectivity index (χ0n) is 19.0. The second-order valence-corrected chi connectivity index (χ2v) is 9.66. The zero-order chi connectivity index (χ0) is 23.3. The van der Waals surface area contributed by atoms with Crippen LogP contribution in [0.5, 0.6) is 0 Å². The Kier molecular flexibility index (Phi) is 5.69. The number of hydrogen-bond donors (Lipinski definition) is 3. The highest BCUT2D eigenvalue weighted by molar-refractivity contribution is 6.34. The van der Waals surface area contributed by atoms with Crippen molar-refractivity contribution in [1.82, 2.24) is 19.9 Å². The van der Waals surface area contributed by atoms with Crippen LogP contribution in [0.3, 0.4) is 0 Å². The predicted octanol–water partition coefficient (Wildman–Crippen LogP) is 4.28. The number of pyridine rings is 1. The van der Waals surface area contributed by atoms with Gasteiger partial charge in [0.2, 0.25) is 0 Å². The lowest BCUT2D eigenvalue weighted by Gasteiger charge is -2.39. The van der Waals surface area contributed by atoms with Crippen LogP contribution < -0.4 is 21.9 Å². The summed E-state index contributed by atoms with van der Waals surface area (Å²) in [6.07, 6.45) is 6.02. The molecule has 3 heterocycles. The van der Waals surface area contributed by atoms with Crippen molar-refractivity contribution in [3.63, 3.8) is 0 Å². The van der Waals surface area contributed by atoms with Crippen LogP contribution in [0.15, 0.2) is 23.3 Å². The molecule has 2 saturated carbocycles.